The standard InChI is InChI=1S/C17H17N3O/c1-2-7-15-16(13-8-6-11-18-12-13)19-20(17(15)21)14-9-4-3-5-10-14/h3-6,8-12,15H,2,7H2,1H3. The van der Waals surface area contributed by atoms with E-state index < -0.39 is 0 Å². The molecule has 4 nitrogen and oxygen atoms in total. The zero-order valence-electron chi connectivity index (χ0n) is 11.9. The minimum Gasteiger partial charge on any atom is -0.272 e. The summed E-state index contributed by atoms with van der Waals surface area (Å²) in [6.45, 7) is 2.08. The van der Waals surface area contributed by atoms with E-state index in [1.54, 1.807) is 12.4 Å². The SMILES string of the molecule is CCCC1C(=O)N(c2ccccc2)N=C1c1cccnc1. The van der Waals surface area contributed by atoms with Crippen LogP contribution in [-0.2, 0) is 4.79 Å². The number of amides is 1. The number of rotatable bonds is 4. The molecule has 0 radical (unpaired) electrons. The molecule has 0 aliphatic carbocycles. The normalized spacial score (nSPS) is 18.0. The van der Waals surface area contributed by atoms with Gasteiger partial charge in [0.25, 0.3) is 5.91 Å². The molecule has 4 heteroatoms. The number of anilines is 1. The molecule has 1 aliphatic rings. The molecule has 0 spiro atoms. The highest BCUT2D eigenvalue weighted by atomic mass is 16.2. The van der Waals surface area contributed by atoms with E-state index in [1.165, 1.54) is 5.01 Å². The van der Waals surface area contributed by atoms with Crippen LogP contribution in [-0.4, -0.2) is 16.6 Å². The summed E-state index contributed by atoms with van der Waals surface area (Å²) in [6.07, 6.45) is 5.24. The molecule has 3 rings (SSSR count). The molecule has 21 heavy (non-hydrogen) atoms. The van der Waals surface area contributed by atoms with Gasteiger partial charge < -0.3 is 0 Å². The van der Waals surface area contributed by atoms with Crippen molar-refractivity contribution in [2.24, 2.45) is 11.0 Å². The lowest BCUT2D eigenvalue weighted by molar-refractivity contribution is -0.119. The Bertz CT molecular complexity index is 652. The smallest absolute Gasteiger partial charge is 0.256 e. The van der Waals surface area contributed by atoms with Crippen LogP contribution < -0.4 is 5.01 Å². The highest BCUT2D eigenvalue weighted by Crippen LogP contribution is 2.28. The third-order valence-electron chi connectivity index (χ3n) is 3.58. The molecule has 0 bridgehead atoms. The van der Waals surface area contributed by atoms with E-state index in [4.69, 9.17) is 0 Å². The molecule has 0 saturated carbocycles. The number of nitrogens with zero attached hydrogens (tertiary/aromatic N) is 3. The minimum atomic E-state index is -0.181. The predicted molar refractivity (Wildman–Crippen MR) is 83.1 cm³/mol. The van der Waals surface area contributed by atoms with Crippen molar-refractivity contribution in [3.63, 3.8) is 0 Å². The topological polar surface area (TPSA) is 45.6 Å². The first kappa shape index (κ1) is 13.5. The summed E-state index contributed by atoms with van der Waals surface area (Å²) in [6, 6.07) is 13.4. The molecular formula is C17H17N3O. The summed E-state index contributed by atoms with van der Waals surface area (Å²) in [7, 11) is 0. The number of carbonyl (C=O) groups is 1. The highest BCUT2D eigenvalue weighted by Gasteiger charge is 2.36. The molecule has 1 aliphatic heterocycles. The van der Waals surface area contributed by atoms with Crippen LogP contribution >= 0.6 is 0 Å². The molecule has 2 aromatic rings. The predicted octanol–water partition coefficient (Wildman–Crippen LogP) is 3.25. The van der Waals surface area contributed by atoms with E-state index >= 15 is 0 Å². The Labute approximate surface area is 124 Å². The van der Waals surface area contributed by atoms with E-state index in [1.807, 2.05) is 42.5 Å². The van der Waals surface area contributed by atoms with Crippen LogP contribution in [0.5, 0.6) is 0 Å². The lowest BCUT2D eigenvalue weighted by Crippen LogP contribution is -2.27. The summed E-state index contributed by atoms with van der Waals surface area (Å²) in [5.41, 5.74) is 2.55. The Balaban J connectivity index is 2.01. The van der Waals surface area contributed by atoms with Gasteiger partial charge in [0.05, 0.1) is 17.3 Å². The second-order valence-corrected chi connectivity index (χ2v) is 5.05. The first-order chi connectivity index (χ1) is 10.3. The quantitative estimate of drug-likeness (QED) is 0.862. The van der Waals surface area contributed by atoms with Crippen LogP contribution in [0.2, 0.25) is 0 Å². The molecule has 1 aromatic heterocycles. The van der Waals surface area contributed by atoms with Crippen molar-refractivity contribution in [3.8, 4) is 0 Å². The van der Waals surface area contributed by atoms with E-state index in [2.05, 4.69) is 17.0 Å². The van der Waals surface area contributed by atoms with Crippen molar-refractivity contribution in [1.29, 1.82) is 0 Å². The van der Waals surface area contributed by atoms with Gasteiger partial charge in [0.15, 0.2) is 0 Å². The van der Waals surface area contributed by atoms with Gasteiger partial charge in [0.1, 0.15) is 0 Å². The summed E-state index contributed by atoms with van der Waals surface area (Å²) in [5, 5.41) is 6.09. The van der Waals surface area contributed by atoms with Gasteiger partial charge in [-0.15, -0.1) is 0 Å². The Kier molecular flexibility index (Phi) is 3.77. The van der Waals surface area contributed by atoms with Crippen LogP contribution in [0, 0.1) is 5.92 Å². The Morgan fingerprint density at radius 3 is 2.62 bits per heavy atom. The fourth-order valence-corrected chi connectivity index (χ4v) is 2.57. The van der Waals surface area contributed by atoms with Crippen molar-refractivity contribution in [1.82, 2.24) is 4.98 Å². The van der Waals surface area contributed by atoms with Gasteiger partial charge in [-0.3, -0.25) is 9.78 Å². The zero-order chi connectivity index (χ0) is 14.7. The van der Waals surface area contributed by atoms with Gasteiger partial charge in [-0.25, -0.2) is 0 Å². The van der Waals surface area contributed by atoms with Crippen molar-refractivity contribution in [3.05, 3.63) is 60.4 Å². The van der Waals surface area contributed by atoms with Crippen molar-refractivity contribution < 1.29 is 4.79 Å². The highest BCUT2D eigenvalue weighted by molar-refractivity contribution is 6.21. The molecule has 1 atom stereocenters. The third-order valence-corrected chi connectivity index (χ3v) is 3.58. The number of para-hydroxylation sites is 1. The van der Waals surface area contributed by atoms with Crippen LogP contribution in [0.25, 0.3) is 0 Å². The molecule has 1 aromatic carbocycles. The average molecular weight is 279 g/mol. The fourth-order valence-electron chi connectivity index (χ4n) is 2.57. The second-order valence-electron chi connectivity index (χ2n) is 5.05. The summed E-state index contributed by atoms with van der Waals surface area (Å²) < 4.78 is 0. The summed E-state index contributed by atoms with van der Waals surface area (Å²) >= 11 is 0. The first-order valence-corrected chi connectivity index (χ1v) is 7.19. The Morgan fingerprint density at radius 1 is 1.14 bits per heavy atom. The van der Waals surface area contributed by atoms with Crippen LogP contribution in [0.3, 0.4) is 0 Å². The maximum Gasteiger partial charge on any atom is 0.256 e. The number of carbonyl (C=O) groups excluding carboxylic acids is 1. The third kappa shape index (κ3) is 2.57. The summed E-state index contributed by atoms with van der Waals surface area (Å²) in [4.78, 5) is 16.8. The Morgan fingerprint density at radius 2 is 1.95 bits per heavy atom. The maximum absolute atomic E-state index is 12.7. The molecule has 1 amide bonds. The average Bonchev–Trinajstić information content (AvgIpc) is 2.87. The van der Waals surface area contributed by atoms with Gasteiger partial charge in [-0.1, -0.05) is 31.5 Å². The molecular weight excluding hydrogens is 262 g/mol. The largest absolute Gasteiger partial charge is 0.272 e. The molecule has 106 valence electrons. The van der Waals surface area contributed by atoms with E-state index in [9.17, 15) is 4.79 Å². The number of hydrazone groups is 1. The zero-order valence-corrected chi connectivity index (χ0v) is 11.9. The van der Waals surface area contributed by atoms with E-state index in [-0.39, 0.29) is 11.8 Å². The van der Waals surface area contributed by atoms with Gasteiger partial charge in [-0.05, 0) is 30.7 Å². The number of benzene rings is 1. The van der Waals surface area contributed by atoms with Crippen LogP contribution in [0.1, 0.15) is 25.3 Å². The van der Waals surface area contributed by atoms with Gasteiger partial charge >= 0.3 is 0 Å². The second kappa shape index (κ2) is 5.87. The van der Waals surface area contributed by atoms with Crippen molar-refractivity contribution in [2.45, 2.75) is 19.8 Å². The maximum atomic E-state index is 12.7. The van der Waals surface area contributed by atoms with Crippen molar-refractivity contribution in [2.75, 3.05) is 5.01 Å². The molecule has 2 heterocycles. The molecule has 0 saturated heterocycles. The fraction of sp³-hybridized carbons (Fsp3) is 0.235. The van der Waals surface area contributed by atoms with Crippen LogP contribution in [0.4, 0.5) is 5.69 Å². The van der Waals surface area contributed by atoms with Gasteiger partial charge in [0, 0.05) is 18.0 Å². The lowest BCUT2D eigenvalue weighted by Gasteiger charge is -2.13. The van der Waals surface area contributed by atoms with E-state index in [0.29, 0.717) is 0 Å². The number of hydrogen-bond donors (Lipinski definition) is 0. The van der Waals surface area contributed by atoms with Crippen LogP contribution in [0.15, 0.2) is 60.0 Å². The first-order valence-electron chi connectivity index (χ1n) is 7.19. The molecule has 1 unspecified atom stereocenters. The minimum absolute atomic E-state index is 0.0434. The Hall–Kier alpha value is -2.49. The summed E-state index contributed by atoms with van der Waals surface area (Å²) in [5.74, 6) is -0.138. The van der Waals surface area contributed by atoms with Gasteiger partial charge in [0.2, 0.25) is 0 Å². The number of pyridine rings is 1. The number of aromatic nitrogens is 1. The monoisotopic (exact) mass is 279 g/mol. The van der Waals surface area contributed by atoms with Crippen molar-refractivity contribution >= 4 is 17.3 Å². The lowest BCUT2D eigenvalue weighted by atomic mass is 9.93. The molecule has 0 fully saturated rings. The van der Waals surface area contributed by atoms with Gasteiger partial charge in [-0.2, -0.15) is 10.1 Å². The molecule has 0 N–H and O–H groups in total. The van der Waals surface area contributed by atoms with E-state index in [0.717, 1.165) is 29.8 Å². The number of hydrogen-bond acceptors (Lipinski definition) is 3.